The lowest BCUT2D eigenvalue weighted by molar-refractivity contribution is -0.200. The molecule has 4 N–H and O–H groups in total. The molecule has 2 aromatic carbocycles. The van der Waals surface area contributed by atoms with E-state index in [0.717, 1.165) is 24.8 Å². The molecule has 0 bridgehead atoms. The zero-order valence-electron chi connectivity index (χ0n) is 25.8. The number of carbonyl (C=O) groups is 3. The highest BCUT2D eigenvalue weighted by molar-refractivity contribution is 7.60. The summed E-state index contributed by atoms with van der Waals surface area (Å²) in [5.41, 5.74) is 1.35. The number of nitrogens with one attached hydrogen (secondary N) is 2. The van der Waals surface area contributed by atoms with Crippen molar-refractivity contribution in [1.29, 1.82) is 0 Å². The Kier molecular flexibility index (Phi) is 13.8. The van der Waals surface area contributed by atoms with Gasteiger partial charge in [-0.2, -0.15) is 0 Å². The molecule has 0 spiro atoms. The average Bonchev–Trinajstić information content (AvgIpc) is 3.53. The Morgan fingerprint density at radius 1 is 1.02 bits per heavy atom. The van der Waals surface area contributed by atoms with Crippen molar-refractivity contribution in [3.8, 4) is 17.1 Å². The molecule has 0 aliphatic carbocycles. The Labute approximate surface area is 263 Å². The fraction of sp³-hybridized carbons (Fsp3) is 0.406. The summed E-state index contributed by atoms with van der Waals surface area (Å²) in [6.07, 6.45) is 4.31. The standard InChI is InChI=1S/C32H42N3O9P/c1-4-7-9-14-25(26(5-2)35(22-36)43-20-23-12-10-8-11-13-23)31(37)33-21-34-32(38)28-17-16-27(44-28)24-15-18-30(45(39,40)41)29(19-24)42-6-3/h8,10-13,15-19,22,25-26H,4-7,9,14,20-21H2,1-3H3,(H,33,37)(H,34,38)(H2,39,40,41). The predicted molar refractivity (Wildman–Crippen MR) is 168 cm³/mol. The second kappa shape index (κ2) is 17.5. The van der Waals surface area contributed by atoms with Gasteiger partial charge < -0.3 is 29.6 Å². The summed E-state index contributed by atoms with van der Waals surface area (Å²) in [4.78, 5) is 63.2. The highest BCUT2D eigenvalue weighted by Crippen LogP contribution is 2.39. The van der Waals surface area contributed by atoms with Gasteiger partial charge in [0.1, 0.15) is 23.4 Å². The number of rotatable bonds is 19. The third-order valence-electron chi connectivity index (χ3n) is 7.19. The largest absolute Gasteiger partial charge is 0.493 e. The van der Waals surface area contributed by atoms with Gasteiger partial charge in [-0.15, -0.1) is 0 Å². The van der Waals surface area contributed by atoms with Gasteiger partial charge in [0, 0.05) is 5.56 Å². The normalized spacial score (nSPS) is 12.6. The first kappa shape index (κ1) is 35.5. The number of ether oxygens (including phenoxy) is 1. The third-order valence-corrected chi connectivity index (χ3v) is 8.19. The molecule has 0 radical (unpaired) electrons. The van der Waals surface area contributed by atoms with Gasteiger partial charge in [0.15, 0.2) is 5.76 Å². The van der Waals surface area contributed by atoms with Gasteiger partial charge in [-0.3, -0.25) is 23.8 Å². The van der Waals surface area contributed by atoms with Crippen LogP contribution >= 0.6 is 7.60 Å². The van der Waals surface area contributed by atoms with Crippen molar-refractivity contribution in [3.05, 3.63) is 72.0 Å². The zero-order chi connectivity index (χ0) is 32.8. The topological polar surface area (TPSA) is 168 Å². The van der Waals surface area contributed by atoms with Crippen molar-refractivity contribution < 1.29 is 42.7 Å². The molecular weight excluding hydrogens is 601 g/mol. The van der Waals surface area contributed by atoms with Crippen LogP contribution in [0.25, 0.3) is 11.3 Å². The molecule has 244 valence electrons. The van der Waals surface area contributed by atoms with E-state index in [1.165, 1.54) is 29.3 Å². The molecular formula is C32H42N3O9P. The summed E-state index contributed by atoms with van der Waals surface area (Å²) in [5, 5.41) is 6.35. The molecule has 0 saturated carbocycles. The average molecular weight is 644 g/mol. The van der Waals surface area contributed by atoms with E-state index >= 15 is 0 Å². The number of unbranched alkanes of at least 4 members (excludes halogenated alkanes) is 2. The van der Waals surface area contributed by atoms with Gasteiger partial charge in [0.05, 0.1) is 25.2 Å². The van der Waals surface area contributed by atoms with Crippen LogP contribution in [0.1, 0.15) is 69.0 Å². The second-order valence-corrected chi connectivity index (χ2v) is 11.9. The number of benzene rings is 2. The van der Waals surface area contributed by atoms with Crippen molar-refractivity contribution >= 4 is 31.1 Å². The lowest BCUT2D eigenvalue weighted by Gasteiger charge is -2.32. The van der Waals surface area contributed by atoms with E-state index in [2.05, 4.69) is 17.6 Å². The van der Waals surface area contributed by atoms with E-state index in [1.54, 1.807) is 13.0 Å². The molecule has 1 aromatic heterocycles. The molecule has 3 amide bonds. The SMILES string of the molecule is CCCCCC(C(=O)NCNC(=O)c1ccc(-c2ccc(P(=O)(O)O)c(OCC)c2)o1)C(CC)N(C=O)OCc1ccccc1. The van der Waals surface area contributed by atoms with E-state index in [9.17, 15) is 28.7 Å². The summed E-state index contributed by atoms with van der Waals surface area (Å²) in [5.74, 6) is -1.18. The van der Waals surface area contributed by atoms with Gasteiger partial charge in [-0.1, -0.05) is 69.5 Å². The number of hydrogen-bond donors (Lipinski definition) is 4. The minimum atomic E-state index is -4.56. The lowest BCUT2D eigenvalue weighted by atomic mass is 9.90. The maximum absolute atomic E-state index is 13.4. The van der Waals surface area contributed by atoms with Crippen LogP contribution in [-0.4, -0.2) is 52.4 Å². The first-order chi connectivity index (χ1) is 21.6. The van der Waals surface area contributed by atoms with Gasteiger partial charge in [0.2, 0.25) is 12.3 Å². The molecule has 0 aliphatic rings. The number of hydroxylamine groups is 2. The van der Waals surface area contributed by atoms with E-state index in [1.807, 2.05) is 37.3 Å². The first-order valence-corrected chi connectivity index (χ1v) is 16.6. The highest BCUT2D eigenvalue weighted by Gasteiger charge is 2.32. The Balaban J connectivity index is 1.65. The van der Waals surface area contributed by atoms with E-state index < -0.39 is 25.5 Å². The number of amides is 3. The van der Waals surface area contributed by atoms with Gasteiger partial charge in [0.25, 0.3) is 5.91 Å². The quantitative estimate of drug-likeness (QED) is 0.0483. The summed E-state index contributed by atoms with van der Waals surface area (Å²) in [7, 11) is -4.56. The fourth-order valence-corrected chi connectivity index (χ4v) is 5.59. The number of carbonyl (C=O) groups excluding carboxylic acids is 3. The van der Waals surface area contributed by atoms with E-state index in [4.69, 9.17) is 14.0 Å². The van der Waals surface area contributed by atoms with Crippen molar-refractivity contribution in [2.75, 3.05) is 13.3 Å². The lowest BCUT2D eigenvalue weighted by Crippen LogP contribution is -2.48. The summed E-state index contributed by atoms with van der Waals surface area (Å²) < 4.78 is 22.9. The molecule has 0 saturated heterocycles. The Morgan fingerprint density at radius 3 is 2.42 bits per heavy atom. The molecule has 3 aromatic rings. The predicted octanol–water partition coefficient (Wildman–Crippen LogP) is 4.52. The van der Waals surface area contributed by atoms with Crippen LogP contribution in [0.2, 0.25) is 0 Å². The monoisotopic (exact) mass is 643 g/mol. The van der Waals surface area contributed by atoms with Crippen LogP contribution in [0.5, 0.6) is 5.75 Å². The Morgan fingerprint density at radius 2 is 1.78 bits per heavy atom. The van der Waals surface area contributed by atoms with Crippen LogP contribution in [0.3, 0.4) is 0 Å². The van der Waals surface area contributed by atoms with Gasteiger partial charge in [-0.25, -0.2) is 5.06 Å². The van der Waals surface area contributed by atoms with E-state index in [-0.39, 0.29) is 48.4 Å². The molecule has 0 aliphatic heterocycles. The maximum Gasteiger partial charge on any atom is 0.359 e. The molecule has 0 fully saturated rings. The van der Waals surface area contributed by atoms with Crippen LogP contribution in [-0.2, 0) is 25.6 Å². The molecule has 13 heteroatoms. The maximum atomic E-state index is 13.4. The Hall–Kier alpha value is -3.96. The molecule has 3 rings (SSSR count). The second-order valence-electron chi connectivity index (χ2n) is 10.3. The number of hydrogen-bond acceptors (Lipinski definition) is 7. The third kappa shape index (κ3) is 10.3. The Bertz CT molecular complexity index is 1440. The van der Waals surface area contributed by atoms with Crippen LogP contribution in [0.4, 0.5) is 0 Å². The molecule has 1 heterocycles. The number of furan rings is 1. The number of nitrogens with zero attached hydrogens (tertiary/aromatic N) is 1. The smallest absolute Gasteiger partial charge is 0.359 e. The minimum Gasteiger partial charge on any atom is -0.493 e. The fourth-order valence-electron chi connectivity index (χ4n) is 4.91. The van der Waals surface area contributed by atoms with E-state index in [0.29, 0.717) is 24.8 Å². The van der Waals surface area contributed by atoms with Gasteiger partial charge >= 0.3 is 7.60 Å². The van der Waals surface area contributed by atoms with Crippen molar-refractivity contribution in [3.63, 3.8) is 0 Å². The summed E-state index contributed by atoms with van der Waals surface area (Å²) in [6.45, 7) is 5.85. The van der Waals surface area contributed by atoms with Gasteiger partial charge in [-0.05, 0) is 49.6 Å². The van der Waals surface area contributed by atoms with Crippen LogP contribution in [0.15, 0.2) is 65.1 Å². The summed E-state index contributed by atoms with van der Waals surface area (Å²) >= 11 is 0. The highest BCUT2D eigenvalue weighted by atomic mass is 31.2. The van der Waals surface area contributed by atoms with Crippen LogP contribution in [0, 0.1) is 5.92 Å². The molecule has 12 nitrogen and oxygen atoms in total. The molecule has 45 heavy (non-hydrogen) atoms. The summed E-state index contributed by atoms with van der Waals surface area (Å²) in [6, 6.07) is 16.1. The zero-order valence-corrected chi connectivity index (χ0v) is 26.7. The first-order valence-electron chi connectivity index (χ1n) is 15.0. The minimum absolute atomic E-state index is 0.0194. The van der Waals surface area contributed by atoms with Crippen molar-refractivity contribution in [2.45, 2.75) is 65.5 Å². The van der Waals surface area contributed by atoms with Crippen LogP contribution < -0.4 is 20.7 Å². The van der Waals surface area contributed by atoms with Crippen molar-refractivity contribution in [1.82, 2.24) is 15.7 Å². The molecule has 2 atom stereocenters. The van der Waals surface area contributed by atoms with Crippen molar-refractivity contribution in [2.24, 2.45) is 5.92 Å². The molecule has 2 unspecified atom stereocenters.